The first-order valence-corrected chi connectivity index (χ1v) is 14.0. The summed E-state index contributed by atoms with van der Waals surface area (Å²) >= 11 is 0. The van der Waals surface area contributed by atoms with Crippen molar-refractivity contribution in [3.8, 4) is 5.75 Å². The molecule has 2 aromatic carbocycles. The third-order valence-corrected chi connectivity index (χ3v) is 8.90. The molecule has 2 aliphatic rings. The zero-order chi connectivity index (χ0) is 25.0. The molecule has 0 radical (unpaired) electrons. The predicted molar refractivity (Wildman–Crippen MR) is 137 cm³/mol. The van der Waals surface area contributed by atoms with Gasteiger partial charge < -0.3 is 10.1 Å². The summed E-state index contributed by atoms with van der Waals surface area (Å²) in [5, 5.41) is 3.11. The summed E-state index contributed by atoms with van der Waals surface area (Å²) in [6.07, 6.45) is 2.74. The first-order chi connectivity index (χ1) is 16.8. The Labute approximate surface area is 209 Å². The molecule has 1 N–H and O–H groups in total. The summed E-state index contributed by atoms with van der Waals surface area (Å²) < 4.78 is 33.9. The molecular formula is C27H37N3O4S. The highest BCUT2D eigenvalue weighted by molar-refractivity contribution is 7.89. The van der Waals surface area contributed by atoms with Crippen LogP contribution in [-0.2, 0) is 16.6 Å². The van der Waals surface area contributed by atoms with Gasteiger partial charge in [-0.15, -0.1) is 0 Å². The van der Waals surface area contributed by atoms with Gasteiger partial charge >= 0.3 is 0 Å². The minimum Gasteiger partial charge on any atom is -0.495 e. The largest absolute Gasteiger partial charge is 0.495 e. The second-order valence-electron chi connectivity index (χ2n) is 10.1. The van der Waals surface area contributed by atoms with E-state index in [0.29, 0.717) is 30.5 Å². The topological polar surface area (TPSA) is 79.0 Å². The summed E-state index contributed by atoms with van der Waals surface area (Å²) in [6, 6.07) is 15.2. The highest BCUT2D eigenvalue weighted by Crippen LogP contribution is 2.32. The van der Waals surface area contributed by atoms with Gasteiger partial charge in [-0.25, -0.2) is 8.42 Å². The Hall–Kier alpha value is -2.42. The van der Waals surface area contributed by atoms with Crippen LogP contribution in [0.1, 0.15) is 49.0 Å². The van der Waals surface area contributed by atoms with Crippen molar-refractivity contribution in [2.45, 2.75) is 50.6 Å². The van der Waals surface area contributed by atoms with Crippen molar-refractivity contribution in [3.05, 3.63) is 59.7 Å². The highest BCUT2D eigenvalue weighted by atomic mass is 32.2. The monoisotopic (exact) mass is 499 g/mol. The molecule has 0 bridgehead atoms. The molecule has 2 aliphatic heterocycles. The summed E-state index contributed by atoms with van der Waals surface area (Å²) in [4.78, 5) is 15.5. The molecule has 1 amide bonds. The van der Waals surface area contributed by atoms with Crippen molar-refractivity contribution in [2.24, 2.45) is 11.8 Å². The lowest BCUT2D eigenvalue weighted by molar-refractivity contribution is 0.0908. The van der Waals surface area contributed by atoms with Crippen LogP contribution in [0.4, 0.5) is 0 Å². The quantitative estimate of drug-likeness (QED) is 0.628. The van der Waals surface area contributed by atoms with E-state index in [1.165, 1.54) is 23.0 Å². The number of carbonyl (C=O) groups excluding carboxylic acids is 1. The standard InChI is InChI=1S/C27H37N3O4S/c1-20-15-21(2)18-30(17-20)35(32,33)26-16-23(9-10-25(26)34-3)27(31)28-24-11-13-29(14-12-24)19-22-7-5-4-6-8-22/h4-10,16,20-21,24H,11-15,17-19H2,1-3H3,(H,28,31)/t20-,21-/m0/s1. The lowest BCUT2D eigenvalue weighted by Gasteiger charge is -2.34. The second kappa shape index (κ2) is 11.1. The Morgan fingerprint density at radius 2 is 1.69 bits per heavy atom. The molecule has 8 heteroatoms. The molecule has 2 aromatic rings. The van der Waals surface area contributed by atoms with E-state index in [-0.39, 0.29) is 22.6 Å². The Bertz CT molecular complexity index is 1100. The number of ether oxygens (including phenoxy) is 1. The van der Waals surface area contributed by atoms with Gasteiger partial charge in [0.05, 0.1) is 7.11 Å². The summed E-state index contributed by atoms with van der Waals surface area (Å²) in [5.74, 6) is 0.602. The Morgan fingerprint density at radius 1 is 1.03 bits per heavy atom. The zero-order valence-corrected chi connectivity index (χ0v) is 21.8. The lowest BCUT2D eigenvalue weighted by atomic mass is 9.94. The Balaban J connectivity index is 1.42. The highest BCUT2D eigenvalue weighted by Gasteiger charge is 2.34. The Kier molecular flexibility index (Phi) is 8.14. The van der Waals surface area contributed by atoms with Gasteiger partial charge in [0.2, 0.25) is 10.0 Å². The number of hydrogen-bond donors (Lipinski definition) is 1. The number of rotatable bonds is 7. The smallest absolute Gasteiger partial charge is 0.251 e. The van der Waals surface area contributed by atoms with Crippen molar-refractivity contribution < 1.29 is 17.9 Å². The number of carbonyl (C=O) groups is 1. The summed E-state index contributed by atoms with van der Waals surface area (Å²) in [7, 11) is -2.32. The molecule has 35 heavy (non-hydrogen) atoms. The Morgan fingerprint density at radius 3 is 2.31 bits per heavy atom. The van der Waals surface area contributed by atoms with E-state index in [2.05, 4.69) is 48.3 Å². The van der Waals surface area contributed by atoms with E-state index in [0.717, 1.165) is 38.9 Å². The number of amides is 1. The van der Waals surface area contributed by atoms with Gasteiger partial charge in [-0.2, -0.15) is 4.31 Å². The molecule has 2 saturated heterocycles. The van der Waals surface area contributed by atoms with Gasteiger partial charge in [0.1, 0.15) is 10.6 Å². The number of piperidine rings is 2. The fourth-order valence-corrected chi connectivity index (χ4v) is 7.17. The van der Waals surface area contributed by atoms with Crippen LogP contribution in [0.5, 0.6) is 5.75 Å². The van der Waals surface area contributed by atoms with Crippen molar-refractivity contribution in [2.75, 3.05) is 33.3 Å². The normalized spacial score (nSPS) is 22.6. The maximum Gasteiger partial charge on any atom is 0.251 e. The van der Waals surface area contributed by atoms with Gasteiger partial charge in [-0.05, 0) is 54.9 Å². The number of likely N-dealkylation sites (tertiary alicyclic amines) is 1. The minimum absolute atomic E-state index is 0.0617. The molecule has 0 aromatic heterocycles. The zero-order valence-electron chi connectivity index (χ0n) is 20.9. The molecule has 190 valence electrons. The van der Waals surface area contributed by atoms with E-state index >= 15 is 0 Å². The maximum atomic E-state index is 13.5. The van der Waals surface area contributed by atoms with Crippen molar-refractivity contribution in [1.29, 1.82) is 0 Å². The number of nitrogens with zero attached hydrogens (tertiary/aromatic N) is 2. The average Bonchev–Trinajstić information content (AvgIpc) is 2.85. The van der Waals surface area contributed by atoms with E-state index in [4.69, 9.17) is 4.74 Å². The molecule has 2 atom stereocenters. The van der Waals surface area contributed by atoms with Crippen molar-refractivity contribution in [3.63, 3.8) is 0 Å². The molecule has 0 spiro atoms. The molecule has 7 nitrogen and oxygen atoms in total. The van der Waals surface area contributed by atoms with Crippen LogP contribution in [0, 0.1) is 11.8 Å². The summed E-state index contributed by atoms with van der Waals surface area (Å²) in [5.41, 5.74) is 1.63. The molecule has 2 fully saturated rings. The molecular weight excluding hydrogens is 462 g/mol. The van der Waals surface area contributed by atoms with E-state index < -0.39 is 10.0 Å². The molecule has 0 aliphatic carbocycles. The van der Waals surface area contributed by atoms with Gasteiger partial charge in [-0.3, -0.25) is 9.69 Å². The fourth-order valence-electron chi connectivity index (χ4n) is 5.31. The van der Waals surface area contributed by atoms with Crippen LogP contribution in [-0.4, -0.2) is 62.9 Å². The van der Waals surface area contributed by atoms with E-state index in [9.17, 15) is 13.2 Å². The average molecular weight is 500 g/mol. The van der Waals surface area contributed by atoms with Gasteiger partial charge in [0.15, 0.2) is 0 Å². The van der Waals surface area contributed by atoms with Crippen molar-refractivity contribution in [1.82, 2.24) is 14.5 Å². The minimum atomic E-state index is -3.78. The first-order valence-electron chi connectivity index (χ1n) is 12.5. The predicted octanol–water partition coefficient (Wildman–Crippen LogP) is 3.76. The lowest BCUT2D eigenvalue weighted by Crippen LogP contribution is -2.44. The number of benzene rings is 2. The second-order valence-corrected chi connectivity index (χ2v) is 12.0. The molecule has 0 saturated carbocycles. The number of methoxy groups -OCH3 is 1. The van der Waals surface area contributed by atoms with Crippen LogP contribution in [0.3, 0.4) is 0 Å². The van der Waals surface area contributed by atoms with Gasteiger partial charge in [0, 0.05) is 44.3 Å². The van der Waals surface area contributed by atoms with Crippen LogP contribution in [0.15, 0.2) is 53.4 Å². The number of sulfonamides is 1. The molecule has 4 rings (SSSR count). The SMILES string of the molecule is COc1ccc(C(=O)NC2CCN(Cc3ccccc3)CC2)cc1S(=O)(=O)N1C[C@@H](C)C[C@H](C)C1. The number of nitrogens with one attached hydrogen (secondary N) is 1. The third-order valence-electron chi connectivity index (χ3n) is 7.05. The fraction of sp³-hybridized carbons (Fsp3) is 0.519. The maximum absolute atomic E-state index is 13.5. The molecule has 0 unspecified atom stereocenters. The van der Waals surface area contributed by atoms with E-state index in [1.54, 1.807) is 12.1 Å². The first kappa shape index (κ1) is 25.7. The summed E-state index contributed by atoms with van der Waals surface area (Å²) in [6.45, 7) is 7.84. The van der Waals surface area contributed by atoms with Crippen LogP contribution in [0.2, 0.25) is 0 Å². The third kappa shape index (κ3) is 6.23. The van der Waals surface area contributed by atoms with Crippen LogP contribution < -0.4 is 10.1 Å². The molecule has 2 heterocycles. The van der Waals surface area contributed by atoms with E-state index in [1.807, 2.05) is 6.07 Å². The van der Waals surface area contributed by atoms with Crippen LogP contribution >= 0.6 is 0 Å². The van der Waals surface area contributed by atoms with Gasteiger partial charge in [0.25, 0.3) is 5.91 Å². The van der Waals surface area contributed by atoms with Gasteiger partial charge in [-0.1, -0.05) is 44.2 Å². The van der Waals surface area contributed by atoms with Crippen molar-refractivity contribution >= 4 is 15.9 Å². The number of hydrogen-bond acceptors (Lipinski definition) is 5. The van der Waals surface area contributed by atoms with Crippen LogP contribution in [0.25, 0.3) is 0 Å².